The van der Waals surface area contributed by atoms with Gasteiger partial charge in [-0.15, -0.1) is 0 Å². The summed E-state index contributed by atoms with van der Waals surface area (Å²) in [6.45, 7) is 3.05. The lowest BCUT2D eigenvalue weighted by Gasteiger charge is -2.08. The highest BCUT2D eigenvalue weighted by Crippen LogP contribution is 2.24. The van der Waals surface area contributed by atoms with Gasteiger partial charge in [-0.25, -0.2) is 0 Å². The number of methoxy groups -OCH3 is 1. The second-order valence-electron chi connectivity index (χ2n) is 3.81. The van der Waals surface area contributed by atoms with Crippen molar-refractivity contribution in [2.75, 3.05) is 13.7 Å². The first-order valence-electron chi connectivity index (χ1n) is 5.04. The summed E-state index contributed by atoms with van der Waals surface area (Å²) in [5.41, 5.74) is 2.58. The summed E-state index contributed by atoms with van der Waals surface area (Å²) in [7, 11) is 1.72. The molecule has 0 saturated carbocycles. The highest BCUT2D eigenvalue weighted by Gasteiger charge is 2.22. The van der Waals surface area contributed by atoms with E-state index in [2.05, 4.69) is 19.1 Å². The second-order valence-corrected chi connectivity index (χ2v) is 3.81. The average Bonchev–Trinajstić information content (AvgIpc) is 2.98. The Balaban J connectivity index is 2.07. The smallest absolute Gasteiger partial charge is 0.122 e. The molecule has 1 fully saturated rings. The van der Waals surface area contributed by atoms with Crippen molar-refractivity contribution in [3.05, 3.63) is 29.3 Å². The van der Waals surface area contributed by atoms with Crippen molar-refractivity contribution < 1.29 is 9.47 Å². The first-order valence-corrected chi connectivity index (χ1v) is 5.04. The van der Waals surface area contributed by atoms with E-state index in [1.165, 1.54) is 11.1 Å². The summed E-state index contributed by atoms with van der Waals surface area (Å²) >= 11 is 0. The summed E-state index contributed by atoms with van der Waals surface area (Å²) in [5, 5.41) is 0. The van der Waals surface area contributed by atoms with Gasteiger partial charge >= 0.3 is 0 Å². The molecule has 2 rings (SSSR count). The molecule has 1 aromatic carbocycles. The van der Waals surface area contributed by atoms with Gasteiger partial charge < -0.3 is 9.47 Å². The molecule has 1 heterocycles. The van der Waals surface area contributed by atoms with Gasteiger partial charge in [0.1, 0.15) is 5.75 Å². The summed E-state index contributed by atoms with van der Waals surface area (Å²) in [6, 6.07) is 6.32. The standard InChI is InChI=1S/C12H16O2/c1-9-3-6-12(13-2)10(7-9)4-5-11-8-14-11/h3,6-7,11H,4-5,8H2,1-2H3. The molecule has 76 valence electrons. The van der Waals surface area contributed by atoms with Crippen LogP contribution in [0.15, 0.2) is 18.2 Å². The van der Waals surface area contributed by atoms with Crippen molar-refractivity contribution in [1.82, 2.24) is 0 Å². The van der Waals surface area contributed by atoms with Gasteiger partial charge in [-0.3, -0.25) is 0 Å². The third-order valence-corrected chi connectivity index (χ3v) is 2.57. The van der Waals surface area contributed by atoms with Crippen molar-refractivity contribution in [2.45, 2.75) is 25.9 Å². The van der Waals surface area contributed by atoms with E-state index in [-0.39, 0.29) is 0 Å². The van der Waals surface area contributed by atoms with Gasteiger partial charge in [0, 0.05) is 0 Å². The maximum atomic E-state index is 5.31. The molecule has 1 unspecified atom stereocenters. The summed E-state index contributed by atoms with van der Waals surface area (Å²) < 4.78 is 10.5. The molecule has 0 spiro atoms. The van der Waals surface area contributed by atoms with Gasteiger partial charge in [0.15, 0.2) is 0 Å². The van der Waals surface area contributed by atoms with Gasteiger partial charge in [0.25, 0.3) is 0 Å². The van der Waals surface area contributed by atoms with Crippen molar-refractivity contribution in [1.29, 1.82) is 0 Å². The van der Waals surface area contributed by atoms with Gasteiger partial charge in [0.05, 0.1) is 19.8 Å². The van der Waals surface area contributed by atoms with Crippen LogP contribution in [0.1, 0.15) is 17.5 Å². The van der Waals surface area contributed by atoms with Crippen molar-refractivity contribution >= 4 is 0 Å². The molecule has 1 saturated heterocycles. The van der Waals surface area contributed by atoms with Crippen LogP contribution in [0, 0.1) is 6.92 Å². The molecular formula is C12H16O2. The fraction of sp³-hybridized carbons (Fsp3) is 0.500. The van der Waals surface area contributed by atoms with Crippen molar-refractivity contribution in [3.8, 4) is 5.75 Å². The third kappa shape index (κ3) is 2.26. The number of hydrogen-bond acceptors (Lipinski definition) is 2. The zero-order valence-corrected chi connectivity index (χ0v) is 8.75. The van der Waals surface area contributed by atoms with Crippen LogP contribution in [-0.4, -0.2) is 19.8 Å². The molecule has 0 aromatic heterocycles. The van der Waals surface area contributed by atoms with Gasteiger partial charge in [-0.2, -0.15) is 0 Å². The molecule has 0 amide bonds. The zero-order chi connectivity index (χ0) is 9.97. The van der Waals surface area contributed by atoms with Crippen LogP contribution in [0.25, 0.3) is 0 Å². The lowest BCUT2D eigenvalue weighted by Crippen LogP contribution is -1.96. The quantitative estimate of drug-likeness (QED) is 0.683. The van der Waals surface area contributed by atoms with Gasteiger partial charge in [0.2, 0.25) is 0 Å². The molecule has 1 atom stereocenters. The van der Waals surface area contributed by atoms with Crippen molar-refractivity contribution in [2.24, 2.45) is 0 Å². The lowest BCUT2D eigenvalue weighted by molar-refractivity contribution is 0.389. The molecule has 14 heavy (non-hydrogen) atoms. The average molecular weight is 192 g/mol. The second kappa shape index (κ2) is 4.01. The Labute approximate surface area is 84.8 Å². The highest BCUT2D eigenvalue weighted by molar-refractivity contribution is 5.36. The van der Waals surface area contributed by atoms with E-state index in [4.69, 9.17) is 9.47 Å². The topological polar surface area (TPSA) is 21.8 Å². The third-order valence-electron chi connectivity index (χ3n) is 2.57. The number of rotatable bonds is 4. The molecule has 1 aliphatic rings. The molecule has 1 aliphatic heterocycles. The summed E-state index contributed by atoms with van der Waals surface area (Å²) in [6.07, 6.45) is 2.66. The van der Waals surface area contributed by atoms with Crippen LogP contribution in [0.3, 0.4) is 0 Å². The van der Waals surface area contributed by atoms with Crippen LogP contribution in [0.4, 0.5) is 0 Å². The van der Waals surface area contributed by atoms with E-state index in [9.17, 15) is 0 Å². The van der Waals surface area contributed by atoms with Gasteiger partial charge in [-0.1, -0.05) is 17.7 Å². The van der Waals surface area contributed by atoms with Crippen molar-refractivity contribution in [3.63, 3.8) is 0 Å². The largest absolute Gasteiger partial charge is 0.496 e. The predicted octanol–water partition coefficient (Wildman–Crippen LogP) is 2.34. The number of hydrogen-bond donors (Lipinski definition) is 0. The Morgan fingerprint density at radius 3 is 2.93 bits per heavy atom. The predicted molar refractivity (Wildman–Crippen MR) is 55.8 cm³/mol. The lowest BCUT2D eigenvalue weighted by atomic mass is 10.0. The highest BCUT2D eigenvalue weighted by atomic mass is 16.6. The van der Waals surface area contributed by atoms with Crippen LogP contribution >= 0.6 is 0 Å². The number of aryl methyl sites for hydroxylation is 2. The van der Waals surface area contributed by atoms with Crippen LogP contribution in [0.2, 0.25) is 0 Å². The van der Waals surface area contributed by atoms with Crippen LogP contribution in [-0.2, 0) is 11.2 Å². The maximum Gasteiger partial charge on any atom is 0.122 e. The normalized spacial score (nSPS) is 19.4. The molecule has 2 nitrogen and oxygen atoms in total. The minimum atomic E-state index is 0.500. The fourth-order valence-electron chi connectivity index (χ4n) is 1.65. The van der Waals surface area contributed by atoms with E-state index in [1.54, 1.807) is 7.11 Å². The Hall–Kier alpha value is -1.02. The minimum absolute atomic E-state index is 0.500. The molecule has 0 radical (unpaired) electrons. The SMILES string of the molecule is COc1ccc(C)cc1CCC1CO1. The van der Waals surface area contributed by atoms with Gasteiger partial charge in [-0.05, 0) is 31.4 Å². The zero-order valence-electron chi connectivity index (χ0n) is 8.75. The number of benzene rings is 1. The van der Waals surface area contributed by atoms with E-state index < -0.39 is 0 Å². The van der Waals surface area contributed by atoms with E-state index in [1.807, 2.05) is 6.07 Å². The first kappa shape index (κ1) is 9.53. The molecule has 0 aliphatic carbocycles. The first-order chi connectivity index (χ1) is 6.79. The van der Waals surface area contributed by atoms with E-state index in [0.29, 0.717) is 6.10 Å². The number of ether oxygens (including phenoxy) is 2. The molecule has 0 bridgehead atoms. The molecule has 1 aromatic rings. The summed E-state index contributed by atoms with van der Waals surface area (Å²) in [5.74, 6) is 0.997. The van der Waals surface area contributed by atoms with E-state index in [0.717, 1.165) is 25.2 Å². The summed E-state index contributed by atoms with van der Waals surface area (Å²) in [4.78, 5) is 0. The Morgan fingerprint density at radius 2 is 2.29 bits per heavy atom. The number of epoxide rings is 1. The Morgan fingerprint density at radius 1 is 1.50 bits per heavy atom. The molecule has 2 heteroatoms. The van der Waals surface area contributed by atoms with Crippen LogP contribution < -0.4 is 4.74 Å². The maximum absolute atomic E-state index is 5.31. The Kier molecular flexibility index (Phi) is 2.73. The minimum Gasteiger partial charge on any atom is -0.496 e. The monoisotopic (exact) mass is 192 g/mol. The fourth-order valence-corrected chi connectivity index (χ4v) is 1.65. The Bertz CT molecular complexity index is 316. The molecular weight excluding hydrogens is 176 g/mol. The van der Waals surface area contributed by atoms with Crippen LogP contribution in [0.5, 0.6) is 5.75 Å². The van der Waals surface area contributed by atoms with E-state index >= 15 is 0 Å². The molecule has 0 N–H and O–H groups in total.